The highest BCUT2D eigenvalue weighted by atomic mass is 32.2. The minimum Gasteiger partial charge on any atom is -0.510 e. The number of hydrogen-bond donors (Lipinski definition) is 2. The van der Waals surface area contributed by atoms with Crippen molar-refractivity contribution < 1.29 is 9.52 Å². The molecule has 0 saturated carbocycles. The van der Waals surface area contributed by atoms with Gasteiger partial charge in [0.1, 0.15) is 23.2 Å². The lowest BCUT2D eigenvalue weighted by Gasteiger charge is -2.09. The fourth-order valence-electron chi connectivity index (χ4n) is 3.43. The van der Waals surface area contributed by atoms with Crippen LogP contribution in [0.4, 0.5) is 0 Å². The van der Waals surface area contributed by atoms with Gasteiger partial charge in [-0.3, -0.25) is 4.57 Å². The lowest BCUT2D eigenvalue weighted by Crippen LogP contribution is -2.04. The number of furan rings is 1. The van der Waals surface area contributed by atoms with E-state index in [4.69, 9.17) is 4.42 Å². The summed E-state index contributed by atoms with van der Waals surface area (Å²) < 4.78 is 7.45. The molecule has 33 heavy (non-hydrogen) atoms. The molecule has 0 bridgehead atoms. The van der Waals surface area contributed by atoms with Crippen molar-refractivity contribution in [3.05, 3.63) is 90.3 Å². The van der Waals surface area contributed by atoms with E-state index in [0.29, 0.717) is 23.4 Å². The van der Waals surface area contributed by atoms with Gasteiger partial charge in [-0.25, -0.2) is 4.98 Å². The zero-order chi connectivity index (χ0) is 22.6. The standard InChI is InChI=1S/C24H18N6O2S/c25-13-18(22-26-19-10-4-5-11-20(19)27-22)21(31)15-33-24-29-28-23(16-7-2-1-3-8-16)30(24)14-17-9-6-12-32-17/h1-12,31H,14-15H2,(H,26,27). The molecule has 2 aromatic carbocycles. The number of thioether (sulfide) groups is 1. The van der Waals surface area contributed by atoms with Crippen LogP contribution < -0.4 is 0 Å². The van der Waals surface area contributed by atoms with Crippen LogP contribution in [0.15, 0.2) is 88.3 Å². The van der Waals surface area contributed by atoms with Gasteiger partial charge < -0.3 is 14.5 Å². The fraction of sp³-hybridized carbons (Fsp3) is 0.0833. The largest absolute Gasteiger partial charge is 0.510 e. The first kappa shape index (κ1) is 20.6. The Morgan fingerprint density at radius 2 is 1.88 bits per heavy atom. The number of aromatic nitrogens is 5. The summed E-state index contributed by atoms with van der Waals surface area (Å²) in [6, 6.07) is 23.0. The van der Waals surface area contributed by atoms with Crippen molar-refractivity contribution in [2.75, 3.05) is 5.75 Å². The number of rotatable bonds is 7. The molecule has 8 nitrogen and oxygen atoms in total. The van der Waals surface area contributed by atoms with Crippen LogP contribution in [0, 0.1) is 11.3 Å². The van der Waals surface area contributed by atoms with Crippen molar-refractivity contribution in [1.29, 1.82) is 5.26 Å². The molecule has 0 spiro atoms. The second-order valence-electron chi connectivity index (χ2n) is 7.16. The summed E-state index contributed by atoms with van der Waals surface area (Å²) in [5, 5.41) is 29.7. The maximum atomic E-state index is 10.7. The number of aliphatic hydroxyl groups excluding tert-OH is 1. The van der Waals surface area contributed by atoms with E-state index in [9.17, 15) is 10.4 Å². The van der Waals surface area contributed by atoms with Crippen molar-refractivity contribution >= 4 is 28.4 Å². The second-order valence-corrected chi connectivity index (χ2v) is 8.10. The number of H-pyrrole nitrogens is 1. The van der Waals surface area contributed by atoms with E-state index in [1.165, 1.54) is 11.8 Å². The third-order valence-electron chi connectivity index (χ3n) is 5.01. The molecule has 0 amide bonds. The number of aliphatic hydroxyl groups is 1. The smallest absolute Gasteiger partial charge is 0.192 e. The molecule has 9 heteroatoms. The molecular weight excluding hydrogens is 436 g/mol. The molecule has 3 heterocycles. The highest BCUT2D eigenvalue weighted by Crippen LogP contribution is 2.28. The minimum absolute atomic E-state index is 0.0876. The van der Waals surface area contributed by atoms with Crippen LogP contribution >= 0.6 is 11.8 Å². The molecule has 0 saturated heterocycles. The monoisotopic (exact) mass is 454 g/mol. The number of aromatic amines is 1. The number of allylic oxidation sites excluding steroid dienone is 1. The van der Waals surface area contributed by atoms with E-state index in [1.807, 2.05) is 71.3 Å². The number of nitriles is 1. The van der Waals surface area contributed by atoms with Crippen molar-refractivity contribution in [1.82, 2.24) is 24.7 Å². The predicted octanol–water partition coefficient (Wildman–Crippen LogP) is 5.05. The first-order chi connectivity index (χ1) is 16.2. The number of para-hydroxylation sites is 2. The topological polar surface area (TPSA) is 117 Å². The molecule has 0 fully saturated rings. The number of benzene rings is 2. The van der Waals surface area contributed by atoms with Crippen molar-refractivity contribution in [3.63, 3.8) is 0 Å². The van der Waals surface area contributed by atoms with Crippen molar-refractivity contribution in [2.24, 2.45) is 0 Å². The van der Waals surface area contributed by atoms with Crippen LogP contribution in [0.2, 0.25) is 0 Å². The van der Waals surface area contributed by atoms with E-state index in [2.05, 4.69) is 26.2 Å². The van der Waals surface area contributed by atoms with Crippen LogP contribution in [-0.4, -0.2) is 35.6 Å². The molecule has 0 atom stereocenters. The van der Waals surface area contributed by atoms with Crippen LogP contribution in [0.3, 0.4) is 0 Å². The molecule has 5 rings (SSSR count). The maximum absolute atomic E-state index is 10.7. The third kappa shape index (κ3) is 4.24. The van der Waals surface area contributed by atoms with Crippen molar-refractivity contribution in [2.45, 2.75) is 11.7 Å². The summed E-state index contributed by atoms with van der Waals surface area (Å²) in [6.45, 7) is 0.436. The second kappa shape index (κ2) is 9.06. The van der Waals surface area contributed by atoms with Gasteiger partial charge in [0.05, 0.1) is 29.6 Å². The molecule has 0 aliphatic heterocycles. The van der Waals surface area contributed by atoms with Gasteiger partial charge in [0.25, 0.3) is 0 Å². The van der Waals surface area contributed by atoms with E-state index in [-0.39, 0.29) is 17.1 Å². The predicted molar refractivity (Wildman–Crippen MR) is 125 cm³/mol. The van der Waals surface area contributed by atoms with Gasteiger partial charge >= 0.3 is 0 Å². The molecule has 0 aliphatic rings. The van der Waals surface area contributed by atoms with Gasteiger partial charge in [0.15, 0.2) is 16.8 Å². The highest BCUT2D eigenvalue weighted by molar-refractivity contribution is 7.99. The molecule has 2 N–H and O–H groups in total. The Labute approximate surface area is 193 Å². The lowest BCUT2D eigenvalue weighted by atomic mass is 10.2. The number of nitrogens with one attached hydrogen (secondary N) is 1. The van der Waals surface area contributed by atoms with Gasteiger partial charge in [0.2, 0.25) is 0 Å². The van der Waals surface area contributed by atoms with Gasteiger partial charge in [0, 0.05) is 5.56 Å². The Kier molecular flexibility index (Phi) is 5.66. The van der Waals surface area contributed by atoms with Gasteiger partial charge in [-0.15, -0.1) is 10.2 Å². The summed E-state index contributed by atoms with van der Waals surface area (Å²) in [7, 11) is 0. The molecule has 162 valence electrons. The maximum Gasteiger partial charge on any atom is 0.192 e. The summed E-state index contributed by atoms with van der Waals surface area (Å²) in [5.74, 6) is 1.82. The Hall–Kier alpha value is -4.29. The van der Waals surface area contributed by atoms with Crippen LogP contribution in [0.25, 0.3) is 28.0 Å². The van der Waals surface area contributed by atoms with E-state index in [1.54, 1.807) is 6.26 Å². The minimum atomic E-state index is -0.0876. The molecule has 5 aromatic rings. The Balaban J connectivity index is 1.44. The molecule has 0 radical (unpaired) electrons. The Morgan fingerprint density at radius 1 is 1.06 bits per heavy atom. The Bertz CT molecular complexity index is 1430. The first-order valence-electron chi connectivity index (χ1n) is 10.1. The third-order valence-corrected chi connectivity index (χ3v) is 5.99. The summed E-state index contributed by atoms with van der Waals surface area (Å²) >= 11 is 1.28. The van der Waals surface area contributed by atoms with Crippen LogP contribution in [0.5, 0.6) is 0 Å². The number of fused-ring (bicyclic) bond motifs is 1. The van der Waals surface area contributed by atoms with E-state index in [0.717, 1.165) is 22.4 Å². The molecule has 0 unspecified atom stereocenters. The van der Waals surface area contributed by atoms with E-state index < -0.39 is 0 Å². The first-order valence-corrected chi connectivity index (χ1v) is 11.1. The quantitative estimate of drug-likeness (QED) is 0.201. The zero-order valence-electron chi connectivity index (χ0n) is 17.3. The van der Waals surface area contributed by atoms with Crippen LogP contribution in [0.1, 0.15) is 11.6 Å². The lowest BCUT2D eigenvalue weighted by molar-refractivity contribution is 0.420. The normalized spacial score (nSPS) is 12.0. The number of nitrogens with zero attached hydrogens (tertiary/aromatic N) is 5. The zero-order valence-corrected chi connectivity index (χ0v) is 18.2. The average Bonchev–Trinajstić information content (AvgIpc) is 3.59. The van der Waals surface area contributed by atoms with Gasteiger partial charge in [-0.1, -0.05) is 54.2 Å². The summed E-state index contributed by atoms with van der Waals surface area (Å²) in [5.41, 5.74) is 2.54. The number of hydrogen-bond acceptors (Lipinski definition) is 7. The van der Waals surface area contributed by atoms with Crippen LogP contribution in [-0.2, 0) is 6.54 Å². The molecular formula is C24H18N6O2S. The summed E-state index contributed by atoms with van der Waals surface area (Å²) in [6.07, 6.45) is 1.62. The molecule has 0 aliphatic carbocycles. The van der Waals surface area contributed by atoms with Crippen molar-refractivity contribution in [3.8, 4) is 17.5 Å². The SMILES string of the molecule is N#CC(=C(O)CSc1nnc(-c2ccccc2)n1Cc1ccco1)c1nc2ccccc2[nH]1. The summed E-state index contributed by atoms with van der Waals surface area (Å²) in [4.78, 5) is 7.51. The molecule has 3 aromatic heterocycles. The number of imidazole rings is 1. The highest BCUT2D eigenvalue weighted by Gasteiger charge is 2.18. The van der Waals surface area contributed by atoms with E-state index >= 15 is 0 Å². The average molecular weight is 455 g/mol. The van der Waals surface area contributed by atoms with Gasteiger partial charge in [-0.2, -0.15) is 5.26 Å². The fourth-order valence-corrected chi connectivity index (χ4v) is 4.24. The van der Waals surface area contributed by atoms with Gasteiger partial charge in [-0.05, 0) is 24.3 Å². The Morgan fingerprint density at radius 3 is 2.64 bits per heavy atom.